The number of nitrogens with one attached hydrogen (secondary N) is 1. The molecule has 1 aliphatic rings. The highest BCUT2D eigenvalue weighted by Gasteiger charge is 2.59. The number of benzene rings is 1. The van der Waals surface area contributed by atoms with Crippen molar-refractivity contribution in [2.24, 2.45) is 7.05 Å². The number of fused-ring (bicyclic) bond motifs is 1. The molecule has 0 saturated carbocycles. The highest BCUT2D eigenvalue weighted by atomic mass is 19.4. The standard InChI is InChI=1S/C13H13F4N3/c1-20-10-6-8(14)2-3-9(10)19-11(20)12(13(15,16)17)4-5-18-7-12/h2-3,6,18H,4-5,7H2,1H3. The lowest BCUT2D eigenvalue weighted by Crippen LogP contribution is -2.46. The van der Waals surface area contributed by atoms with E-state index < -0.39 is 17.4 Å². The van der Waals surface area contributed by atoms with Crippen LogP contribution in [-0.4, -0.2) is 28.8 Å². The molecule has 1 saturated heterocycles. The monoisotopic (exact) mass is 287 g/mol. The SMILES string of the molecule is Cn1c(C2(C(F)(F)F)CCNC2)nc2ccc(F)cc21. The zero-order valence-corrected chi connectivity index (χ0v) is 10.8. The lowest BCUT2D eigenvalue weighted by atomic mass is 9.85. The van der Waals surface area contributed by atoms with Gasteiger partial charge in [-0.1, -0.05) is 0 Å². The molecule has 1 aromatic heterocycles. The molecule has 0 spiro atoms. The smallest absolute Gasteiger partial charge is 0.330 e. The van der Waals surface area contributed by atoms with Gasteiger partial charge >= 0.3 is 6.18 Å². The maximum Gasteiger partial charge on any atom is 0.402 e. The van der Waals surface area contributed by atoms with Crippen LogP contribution in [0.3, 0.4) is 0 Å². The second-order valence-corrected chi connectivity index (χ2v) is 5.13. The Bertz CT molecular complexity index is 653. The van der Waals surface area contributed by atoms with Gasteiger partial charge in [-0.15, -0.1) is 0 Å². The number of imidazole rings is 1. The van der Waals surface area contributed by atoms with Crippen LogP contribution in [0.15, 0.2) is 18.2 Å². The fourth-order valence-electron chi connectivity index (χ4n) is 2.84. The van der Waals surface area contributed by atoms with E-state index in [-0.39, 0.29) is 25.3 Å². The highest BCUT2D eigenvalue weighted by Crippen LogP contribution is 2.45. The van der Waals surface area contributed by atoms with Crippen molar-refractivity contribution in [3.63, 3.8) is 0 Å². The van der Waals surface area contributed by atoms with Crippen molar-refractivity contribution in [3.8, 4) is 0 Å². The predicted octanol–water partition coefficient (Wildman–Crippen LogP) is 2.51. The molecule has 1 fully saturated rings. The number of hydrogen-bond acceptors (Lipinski definition) is 2. The second kappa shape index (κ2) is 4.18. The molecule has 20 heavy (non-hydrogen) atoms. The number of aryl methyl sites for hydroxylation is 1. The van der Waals surface area contributed by atoms with Gasteiger partial charge in [-0.05, 0) is 31.2 Å². The molecule has 1 aromatic carbocycles. The summed E-state index contributed by atoms with van der Waals surface area (Å²) in [6.45, 7) is 0.0905. The first-order valence-corrected chi connectivity index (χ1v) is 6.25. The first-order chi connectivity index (χ1) is 9.35. The van der Waals surface area contributed by atoms with E-state index in [0.29, 0.717) is 11.0 Å². The van der Waals surface area contributed by atoms with Crippen molar-refractivity contribution in [1.29, 1.82) is 0 Å². The van der Waals surface area contributed by atoms with Crippen molar-refractivity contribution in [1.82, 2.24) is 14.9 Å². The van der Waals surface area contributed by atoms with E-state index in [4.69, 9.17) is 0 Å². The molecule has 1 atom stereocenters. The third kappa shape index (κ3) is 1.72. The largest absolute Gasteiger partial charge is 0.402 e. The van der Waals surface area contributed by atoms with E-state index in [9.17, 15) is 17.6 Å². The third-order valence-electron chi connectivity index (χ3n) is 3.97. The maximum absolute atomic E-state index is 13.5. The Morgan fingerprint density at radius 1 is 1.35 bits per heavy atom. The van der Waals surface area contributed by atoms with Gasteiger partial charge in [0, 0.05) is 13.6 Å². The van der Waals surface area contributed by atoms with E-state index in [1.54, 1.807) is 0 Å². The normalized spacial score (nSPS) is 23.6. The molecule has 2 aromatic rings. The minimum absolute atomic E-state index is 0.0594. The maximum atomic E-state index is 13.5. The molecule has 1 aliphatic heterocycles. The van der Waals surface area contributed by atoms with E-state index in [1.807, 2.05) is 0 Å². The molecule has 1 unspecified atom stereocenters. The minimum Gasteiger partial charge on any atom is -0.330 e. The lowest BCUT2D eigenvalue weighted by Gasteiger charge is -2.30. The number of rotatable bonds is 1. The van der Waals surface area contributed by atoms with Crippen LogP contribution in [0.1, 0.15) is 12.2 Å². The fourth-order valence-corrected chi connectivity index (χ4v) is 2.84. The molecule has 0 radical (unpaired) electrons. The fraction of sp³-hybridized carbons (Fsp3) is 0.462. The van der Waals surface area contributed by atoms with E-state index in [1.165, 1.54) is 29.8 Å². The summed E-state index contributed by atoms with van der Waals surface area (Å²) in [5.74, 6) is -0.548. The summed E-state index contributed by atoms with van der Waals surface area (Å²) in [5.41, 5.74) is -1.26. The number of halogens is 4. The van der Waals surface area contributed by atoms with Gasteiger partial charge in [-0.2, -0.15) is 13.2 Å². The van der Waals surface area contributed by atoms with Gasteiger partial charge in [0.25, 0.3) is 0 Å². The average Bonchev–Trinajstić information content (AvgIpc) is 2.95. The number of aromatic nitrogens is 2. The molecule has 0 amide bonds. The minimum atomic E-state index is -4.40. The van der Waals surface area contributed by atoms with Crippen LogP contribution in [0.5, 0.6) is 0 Å². The average molecular weight is 287 g/mol. The molecule has 3 nitrogen and oxygen atoms in total. The van der Waals surface area contributed by atoms with Gasteiger partial charge in [0.15, 0.2) is 0 Å². The summed E-state index contributed by atoms with van der Waals surface area (Å²) < 4.78 is 55.2. The molecule has 0 aliphatic carbocycles. The molecular formula is C13H13F4N3. The van der Waals surface area contributed by atoms with Crippen LogP contribution in [0.4, 0.5) is 17.6 Å². The summed E-state index contributed by atoms with van der Waals surface area (Å²) in [6, 6.07) is 3.81. The Kier molecular flexibility index (Phi) is 2.79. The molecule has 2 heterocycles. The zero-order valence-electron chi connectivity index (χ0n) is 10.8. The van der Waals surface area contributed by atoms with E-state index >= 15 is 0 Å². The van der Waals surface area contributed by atoms with Crippen molar-refractivity contribution in [2.75, 3.05) is 13.1 Å². The summed E-state index contributed by atoms with van der Waals surface area (Å²) in [5, 5.41) is 2.75. The van der Waals surface area contributed by atoms with Crippen LogP contribution in [0.2, 0.25) is 0 Å². The molecule has 0 bridgehead atoms. The number of nitrogens with zero attached hydrogens (tertiary/aromatic N) is 2. The topological polar surface area (TPSA) is 29.9 Å². The van der Waals surface area contributed by atoms with Crippen molar-refractivity contribution < 1.29 is 17.6 Å². The Morgan fingerprint density at radius 2 is 2.10 bits per heavy atom. The van der Waals surface area contributed by atoms with E-state index in [2.05, 4.69) is 10.3 Å². The molecule has 1 N–H and O–H groups in total. The number of alkyl halides is 3. The van der Waals surface area contributed by atoms with Gasteiger partial charge in [-0.3, -0.25) is 0 Å². The molecule has 7 heteroatoms. The van der Waals surface area contributed by atoms with Gasteiger partial charge < -0.3 is 9.88 Å². The Labute approximate surface area is 112 Å². The predicted molar refractivity (Wildman–Crippen MR) is 65.9 cm³/mol. The second-order valence-electron chi connectivity index (χ2n) is 5.13. The van der Waals surface area contributed by atoms with E-state index in [0.717, 1.165) is 0 Å². The molecule has 108 valence electrons. The first kappa shape index (κ1) is 13.4. The highest BCUT2D eigenvalue weighted by molar-refractivity contribution is 5.76. The third-order valence-corrected chi connectivity index (χ3v) is 3.97. The van der Waals surface area contributed by atoms with Crippen molar-refractivity contribution >= 4 is 11.0 Å². The number of hydrogen-bond donors (Lipinski definition) is 1. The van der Waals surface area contributed by atoms with Gasteiger partial charge in [0.1, 0.15) is 17.1 Å². The summed E-state index contributed by atoms with van der Waals surface area (Å²) in [7, 11) is 1.50. The zero-order chi connectivity index (χ0) is 14.5. The lowest BCUT2D eigenvalue weighted by molar-refractivity contribution is -0.187. The van der Waals surface area contributed by atoms with Crippen LogP contribution < -0.4 is 5.32 Å². The van der Waals surface area contributed by atoms with Crippen LogP contribution in [0.25, 0.3) is 11.0 Å². The van der Waals surface area contributed by atoms with Crippen LogP contribution in [-0.2, 0) is 12.5 Å². The quantitative estimate of drug-likeness (QED) is 0.817. The first-order valence-electron chi connectivity index (χ1n) is 6.25. The Hall–Kier alpha value is -1.63. The summed E-state index contributed by atoms with van der Waals surface area (Å²) >= 11 is 0. The Balaban J connectivity index is 2.25. The van der Waals surface area contributed by atoms with Gasteiger partial charge in [-0.25, -0.2) is 9.37 Å². The van der Waals surface area contributed by atoms with Gasteiger partial charge in [0.2, 0.25) is 0 Å². The Morgan fingerprint density at radius 3 is 2.70 bits per heavy atom. The van der Waals surface area contributed by atoms with Crippen molar-refractivity contribution in [3.05, 3.63) is 29.8 Å². The summed E-state index contributed by atoms with van der Waals surface area (Å²) in [4.78, 5) is 4.11. The van der Waals surface area contributed by atoms with Gasteiger partial charge in [0.05, 0.1) is 11.0 Å². The van der Waals surface area contributed by atoms with Crippen LogP contribution in [0, 0.1) is 5.82 Å². The van der Waals surface area contributed by atoms with Crippen LogP contribution >= 0.6 is 0 Å². The van der Waals surface area contributed by atoms with Crippen molar-refractivity contribution in [2.45, 2.75) is 18.0 Å². The molecule has 3 rings (SSSR count). The molecular weight excluding hydrogens is 274 g/mol. The summed E-state index contributed by atoms with van der Waals surface area (Å²) in [6.07, 6.45) is -4.46.